The monoisotopic (exact) mass is 440 g/mol. The average molecular weight is 440 g/mol. The van der Waals surface area contributed by atoms with Gasteiger partial charge in [-0.15, -0.1) is 4.72 Å². The first-order chi connectivity index (χ1) is 14.1. The molecule has 0 spiro atoms. The van der Waals surface area contributed by atoms with Gasteiger partial charge in [-0.25, -0.2) is 8.42 Å². The third-order valence-electron chi connectivity index (χ3n) is 4.32. The number of ether oxygens (including phenoxy) is 1. The quantitative estimate of drug-likeness (QED) is 0.259. The number of phenolic OH excluding ortho intramolecular Hbond substituents is 1. The molecule has 1 aromatic rings. The molecule has 4 atom stereocenters. The molecule has 164 valence electrons. The number of rotatable bonds is 10. The van der Waals surface area contributed by atoms with E-state index in [1.54, 1.807) is 12.1 Å². The lowest BCUT2D eigenvalue weighted by Crippen LogP contribution is -2.67. The highest BCUT2D eigenvalue weighted by atomic mass is 32.2. The van der Waals surface area contributed by atoms with Gasteiger partial charge in [0.15, 0.2) is 0 Å². The molecule has 0 radical (unpaired) electrons. The molecule has 0 saturated carbocycles. The van der Waals surface area contributed by atoms with Crippen LogP contribution in [0.1, 0.15) is 18.4 Å². The Hall–Kier alpha value is -2.85. The van der Waals surface area contributed by atoms with Crippen molar-refractivity contribution in [3.63, 3.8) is 0 Å². The molecular formula is C18H24N4O7S. The zero-order valence-corrected chi connectivity index (χ0v) is 17.0. The minimum Gasteiger partial charge on any atom is -0.508 e. The number of nitrogens with zero attached hydrogens (tertiary/aromatic N) is 1. The van der Waals surface area contributed by atoms with Crippen molar-refractivity contribution in [3.8, 4) is 11.8 Å². The number of carbonyl (C=O) groups excluding carboxylic acids is 1. The minimum atomic E-state index is -3.87. The summed E-state index contributed by atoms with van der Waals surface area (Å²) in [5.41, 5.74) is 0.619. The van der Waals surface area contributed by atoms with Gasteiger partial charge in [-0.1, -0.05) is 12.1 Å². The molecule has 0 aromatic heterocycles. The fourth-order valence-electron chi connectivity index (χ4n) is 2.87. The second-order valence-electron chi connectivity index (χ2n) is 6.83. The number of sulfonamides is 1. The van der Waals surface area contributed by atoms with Crippen LogP contribution in [0.5, 0.6) is 5.75 Å². The van der Waals surface area contributed by atoms with E-state index in [0.29, 0.717) is 5.56 Å². The number of aliphatic hydroxyl groups is 2. The number of benzene rings is 1. The number of hydrogen-bond donors (Lipinski definition) is 6. The summed E-state index contributed by atoms with van der Waals surface area (Å²) >= 11 is 0. The van der Waals surface area contributed by atoms with Crippen LogP contribution in [0.3, 0.4) is 0 Å². The van der Waals surface area contributed by atoms with E-state index in [9.17, 15) is 28.5 Å². The highest BCUT2D eigenvalue weighted by Gasteiger charge is 2.46. The van der Waals surface area contributed by atoms with E-state index in [-0.39, 0.29) is 25.0 Å². The van der Waals surface area contributed by atoms with Gasteiger partial charge in [0.2, 0.25) is 10.0 Å². The lowest BCUT2D eigenvalue weighted by molar-refractivity contribution is -0.144. The summed E-state index contributed by atoms with van der Waals surface area (Å²) < 4.78 is 30.6. The van der Waals surface area contributed by atoms with Crippen molar-refractivity contribution in [2.75, 3.05) is 6.26 Å². The van der Waals surface area contributed by atoms with Crippen LogP contribution in [0.2, 0.25) is 0 Å². The molecule has 12 heteroatoms. The molecule has 1 aliphatic heterocycles. The molecule has 1 heterocycles. The summed E-state index contributed by atoms with van der Waals surface area (Å²) in [6.45, 7) is 0. The SMILES string of the molecule is CS(=O)(=O)NC1(C(=O)NC(Cc2ccc(O)cc2)C(O)C(O)CCC#N)NC=CO1. The van der Waals surface area contributed by atoms with Crippen molar-refractivity contribution in [3.05, 3.63) is 42.3 Å². The van der Waals surface area contributed by atoms with E-state index >= 15 is 0 Å². The van der Waals surface area contributed by atoms with Crippen LogP contribution in [0.25, 0.3) is 0 Å². The van der Waals surface area contributed by atoms with Crippen LogP contribution < -0.4 is 15.4 Å². The molecule has 0 bridgehead atoms. The summed E-state index contributed by atoms with van der Waals surface area (Å²) in [6, 6.07) is 6.78. The Bertz CT molecular complexity index is 903. The topological polar surface area (TPSA) is 181 Å². The Morgan fingerprint density at radius 3 is 2.53 bits per heavy atom. The van der Waals surface area contributed by atoms with Gasteiger partial charge in [-0.2, -0.15) is 5.26 Å². The molecule has 6 N–H and O–H groups in total. The molecular weight excluding hydrogens is 416 g/mol. The number of nitrogens with one attached hydrogen (secondary N) is 3. The van der Waals surface area contributed by atoms with Gasteiger partial charge in [0.05, 0.1) is 24.5 Å². The Kier molecular flexibility index (Phi) is 7.63. The highest BCUT2D eigenvalue weighted by molar-refractivity contribution is 7.88. The van der Waals surface area contributed by atoms with Crippen LogP contribution in [-0.2, 0) is 26.0 Å². The van der Waals surface area contributed by atoms with Crippen LogP contribution in [0, 0.1) is 11.3 Å². The van der Waals surface area contributed by atoms with Crippen LogP contribution in [-0.4, -0.2) is 60.0 Å². The van der Waals surface area contributed by atoms with Gasteiger partial charge in [-0.05, 0) is 30.5 Å². The van der Waals surface area contributed by atoms with Crippen molar-refractivity contribution >= 4 is 15.9 Å². The minimum absolute atomic E-state index is 0.00768. The number of phenols is 1. The summed E-state index contributed by atoms with van der Waals surface area (Å²) in [5, 5.41) is 43.9. The molecule has 1 aliphatic rings. The number of aliphatic hydroxyl groups excluding tert-OH is 2. The summed E-state index contributed by atoms with van der Waals surface area (Å²) in [4.78, 5) is 12.9. The molecule has 0 aliphatic carbocycles. The molecule has 0 saturated heterocycles. The van der Waals surface area contributed by atoms with Gasteiger partial charge < -0.3 is 30.7 Å². The van der Waals surface area contributed by atoms with E-state index < -0.39 is 40.0 Å². The van der Waals surface area contributed by atoms with Crippen molar-refractivity contribution in [2.24, 2.45) is 0 Å². The summed E-state index contributed by atoms with van der Waals surface area (Å²) in [7, 11) is -3.87. The van der Waals surface area contributed by atoms with Gasteiger partial charge in [0.1, 0.15) is 18.1 Å². The van der Waals surface area contributed by atoms with Crippen LogP contribution in [0.4, 0.5) is 0 Å². The van der Waals surface area contributed by atoms with Crippen molar-refractivity contribution < 1.29 is 33.3 Å². The molecule has 30 heavy (non-hydrogen) atoms. The largest absolute Gasteiger partial charge is 0.508 e. The van der Waals surface area contributed by atoms with Crippen LogP contribution >= 0.6 is 0 Å². The number of hydrogen-bond acceptors (Lipinski definition) is 9. The highest BCUT2D eigenvalue weighted by Crippen LogP contribution is 2.17. The fourth-order valence-corrected chi connectivity index (χ4v) is 3.59. The smallest absolute Gasteiger partial charge is 0.332 e. The van der Waals surface area contributed by atoms with Gasteiger partial charge in [0.25, 0.3) is 0 Å². The van der Waals surface area contributed by atoms with Crippen molar-refractivity contribution in [1.29, 1.82) is 5.26 Å². The second-order valence-corrected chi connectivity index (χ2v) is 8.57. The third kappa shape index (κ3) is 6.33. The van der Waals surface area contributed by atoms with Gasteiger partial charge in [-0.3, -0.25) is 4.79 Å². The fraction of sp³-hybridized carbons (Fsp3) is 0.444. The first-order valence-electron chi connectivity index (χ1n) is 8.98. The first-order valence-corrected chi connectivity index (χ1v) is 10.9. The number of amides is 1. The number of carbonyl (C=O) groups is 1. The van der Waals surface area contributed by atoms with Crippen molar-refractivity contribution in [1.82, 2.24) is 15.4 Å². The Morgan fingerprint density at radius 1 is 1.33 bits per heavy atom. The zero-order chi connectivity index (χ0) is 22.4. The van der Waals surface area contributed by atoms with Crippen molar-refractivity contribution in [2.45, 2.75) is 43.4 Å². The second kappa shape index (κ2) is 9.77. The molecule has 0 fully saturated rings. The van der Waals surface area contributed by atoms with E-state index in [1.807, 2.05) is 6.07 Å². The third-order valence-corrected chi connectivity index (χ3v) is 4.97. The lowest BCUT2D eigenvalue weighted by atomic mass is 9.95. The molecule has 11 nitrogen and oxygen atoms in total. The van der Waals surface area contributed by atoms with Gasteiger partial charge in [0, 0.05) is 12.6 Å². The maximum Gasteiger partial charge on any atom is 0.332 e. The summed E-state index contributed by atoms with van der Waals surface area (Å²) in [5.74, 6) is -3.08. The standard InChI is InChI=1S/C18H24N4O7S/c1-30(27,28)22-18(20-9-10-29-18)17(26)21-14(16(25)15(24)3-2-8-19)11-12-4-6-13(23)7-5-12/h4-7,9-10,14-16,20,22-25H,2-3,11H2,1H3,(H,21,26). The molecule has 4 unspecified atom stereocenters. The Morgan fingerprint density at radius 2 is 2.00 bits per heavy atom. The number of aromatic hydroxyl groups is 1. The average Bonchev–Trinajstić information content (AvgIpc) is 3.14. The first kappa shape index (κ1) is 23.4. The lowest BCUT2D eigenvalue weighted by Gasteiger charge is -2.32. The van der Waals surface area contributed by atoms with E-state index in [2.05, 4.69) is 15.4 Å². The Balaban J connectivity index is 2.25. The van der Waals surface area contributed by atoms with Crippen LogP contribution in [0.15, 0.2) is 36.7 Å². The number of nitriles is 1. The Labute approximate surface area is 174 Å². The predicted octanol–water partition coefficient (Wildman–Crippen LogP) is -1.26. The van der Waals surface area contributed by atoms with E-state index in [0.717, 1.165) is 12.5 Å². The summed E-state index contributed by atoms with van der Waals surface area (Å²) in [6.07, 6.45) is 0.381. The zero-order valence-electron chi connectivity index (χ0n) is 16.1. The maximum atomic E-state index is 12.9. The molecule has 1 amide bonds. The molecule has 2 rings (SSSR count). The normalized spacial score (nSPS) is 21.0. The van der Waals surface area contributed by atoms with E-state index in [4.69, 9.17) is 10.00 Å². The molecule has 1 aromatic carbocycles. The van der Waals surface area contributed by atoms with Gasteiger partial charge >= 0.3 is 11.8 Å². The van der Waals surface area contributed by atoms with E-state index in [1.165, 1.54) is 18.3 Å². The maximum absolute atomic E-state index is 12.9. The predicted molar refractivity (Wildman–Crippen MR) is 105 cm³/mol.